The number of nitrogens with one attached hydrogen (secondary N) is 3. The Hall–Kier alpha value is -4.55. The van der Waals surface area contributed by atoms with E-state index in [1.54, 1.807) is 32.9 Å². The highest BCUT2D eigenvalue weighted by Gasteiger charge is 2.44. The predicted octanol–water partition coefficient (Wildman–Crippen LogP) is 2.52. The van der Waals surface area contributed by atoms with E-state index in [9.17, 15) is 29.1 Å². The molecular weight excluding hydrogens is 580 g/mol. The fraction of sp³-hybridized carbons (Fsp3) is 0.531. The molecule has 4 N–H and O–H groups in total. The van der Waals surface area contributed by atoms with Crippen LogP contribution in [0, 0.1) is 17.3 Å². The van der Waals surface area contributed by atoms with Gasteiger partial charge in [0.1, 0.15) is 24.4 Å². The van der Waals surface area contributed by atoms with Crippen LogP contribution in [0.4, 0.5) is 4.79 Å². The molecule has 13 heteroatoms. The molecule has 1 aliphatic carbocycles. The van der Waals surface area contributed by atoms with E-state index in [4.69, 9.17) is 4.74 Å². The molecule has 0 bridgehead atoms. The number of hydrogen-bond donors (Lipinski definition) is 4. The highest BCUT2D eigenvalue weighted by molar-refractivity contribution is 5.97. The lowest BCUT2D eigenvalue weighted by atomic mass is 9.82. The van der Waals surface area contributed by atoms with Crippen molar-refractivity contribution in [1.29, 1.82) is 0 Å². The fourth-order valence-corrected chi connectivity index (χ4v) is 5.83. The largest absolute Gasteiger partial charge is 0.481 e. The molecule has 4 amide bonds. The van der Waals surface area contributed by atoms with E-state index < -0.39 is 59.2 Å². The molecule has 4 atom stereocenters. The zero-order valence-electron chi connectivity index (χ0n) is 25.9. The highest BCUT2D eigenvalue weighted by atomic mass is 16.6. The molecule has 2 aliphatic rings. The van der Waals surface area contributed by atoms with Gasteiger partial charge < -0.3 is 30.7 Å². The third-order valence-electron chi connectivity index (χ3n) is 8.33. The molecule has 2 aromatic rings. The van der Waals surface area contributed by atoms with E-state index in [0.29, 0.717) is 0 Å². The Kier molecular flexibility index (Phi) is 11.1. The maximum Gasteiger partial charge on any atom is 0.410 e. The number of amides is 4. The number of carbonyl (C=O) groups is 5. The Bertz CT molecular complexity index is 1340. The standard InChI is InChI=1S/C32H42N6O7/c1-32(2,3)26(37-28(40)25(21-12-8-5-9-13-21)36-27(39)23-16-33-14-15-34-23)29(41)35-24-18-38(17-22(24)30(42)43)31(44)45-19-20-10-6-4-7-11-20/h4,6-7,10-11,14-16,21-22,24-26H,5,8-9,12-13,17-19H2,1-3H3,(H,35,41)(H,36,39)(H,37,40)(H,42,43)/t22?,24-,25-,26?/m0/s1. The maximum atomic E-state index is 13.8. The number of carboxylic acids is 1. The molecule has 0 radical (unpaired) electrons. The van der Waals surface area contributed by atoms with Crippen LogP contribution in [0.25, 0.3) is 0 Å². The minimum atomic E-state index is -1.17. The van der Waals surface area contributed by atoms with Crippen molar-refractivity contribution in [3.63, 3.8) is 0 Å². The van der Waals surface area contributed by atoms with Crippen molar-refractivity contribution in [2.45, 2.75) is 77.6 Å². The van der Waals surface area contributed by atoms with Crippen molar-refractivity contribution in [3.8, 4) is 0 Å². The lowest BCUT2D eigenvalue weighted by Crippen LogP contribution is -2.61. The van der Waals surface area contributed by atoms with Crippen LogP contribution < -0.4 is 16.0 Å². The number of hydrogen-bond acceptors (Lipinski definition) is 8. The lowest BCUT2D eigenvalue weighted by Gasteiger charge is -2.35. The first-order valence-corrected chi connectivity index (χ1v) is 15.3. The van der Waals surface area contributed by atoms with Crippen LogP contribution in [0.15, 0.2) is 48.9 Å². The highest BCUT2D eigenvalue weighted by Crippen LogP contribution is 2.28. The lowest BCUT2D eigenvalue weighted by molar-refractivity contribution is -0.142. The Morgan fingerprint density at radius 1 is 0.978 bits per heavy atom. The summed E-state index contributed by atoms with van der Waals surface area (Å²) >= 11 is 0. The van der Waals surface area contributed by atoms with Crippen LogP contribution >= 0.6 is 0 Å². The van der Waals surface area contributed by atoms with Crippen LogP contribution in [-0.4, -0.2) is 81.0 Å². The quantitative estimate of drug-likeness (QED) is 0.310. The van der Waals surface area contributed by atoms with E-state index >= 15 is 0 Å². The van der Waals surface area contributed by atoms with Gasteiger partial charge in [-0.15, -0.1) is 0 Å². The number of carboxylic acid groups (broad SMARTS) is 1. The molecule has 1 aromatic carbocycles. The van der Waals surface area contributed by atoms with Crippen LogP contribution in [0.3, 0.4) is 0 Å². The van der Waals surface area contributed by atoms with Crippen molar-refractivity contribution < 1.29 is 33.8 Å². The summed E-state index contributed by atoms with van der Waals surface area (Å²) in [4.78, 5) is 74.6. The van der Waals surface area contributed by atoms with Crippen molar-refractivity contribution in [1.82, 2.24) is 30.8 Å². The molecule has 1 saturated carbocycles. The molecule has 1 aromatic heterocycles. The van der Waals surface area contributed by atoms with E-state index in [-0.39, 0.29) is 31.3 Å². The minimum Gasteiger partial charge on any atom is -0.481 e. The Balaban J connectivity index is 1.45. The van der Waals surface area contributed by atoms with Crippen molar-refractivity contribution in [2.24, 2.45) is 17.3 Å². The maximum absolute atomic E-state index is 13.8. The summed E-state index contributed by atoms with van der Waals surface area (Å²) in [5, 5.41) is 18.3. The zero-order valence-corrected chi connectivity index (χ0v) is 25.9. The Morgan fingerprint density at radius 2 is 1.69 bits per heavy atom. The monoisotopic (exact) mass is 622 g/mol. The molecule has 2 heterocycles. The van der Waals surface area contributed by atoms with Gasteiger partial charge in [-0.3, -0.25) is 24.2 Å². The predicted molar refractivity (Wildman–Crippen MR) is 163 cm³/mol. The third-order valence-corrected chi connectivity index (χ3v) is 8.33. The van der Waals surface area contributed by atoms with E-state index in [1.165, 1.54) is 23.5 Å². The van der Waals surface area contributed by atoms with Crippen molar-refractivity contribution >= 4 is 29.8 Å². The normalized spacial score (nSPS) is 20.0. The van der Waals surface area contributed by atoms with E-state index in [2.05, 4.69) is 25.9 Å². The number of benzene rings is 1. The molecule has 1 aliphatic heterocycles. The Labute approximate surface area is 262 Å². The number of rotatable bonds is 10. The SMILES string of the molecule is CC(C)(C)C(NC(=O)[C@@H](NC(=O)c1cnccn1)C1CCCCC1)C(=O)N[C@H]1CN(C(=O)OCc2ccccc2)CC1C(=O)O. The summed E-state index contributed by atoms with van der Waals surface area (Å²) in [6.45, 7) is 5.16. The van der Waals surface area contributed by atoms with Crippen LogP contribution in [0.1, 0.15) is 68.9 Å². The molecule has 242 valence electrons. The smallest absolute Gasteiger partial charge is 0.410 e. The van der Waals surface area contributed by atoms with Gasteiger partial charge in [-0.25, -0.2) is 9.78 Å². The molecule has 0 spiro atoms. The molecule has 45 heavy (non-hydrogen) atoms. The van der Waals surface area contributed by atoms with Crippen LogP contribution in [0.2, 0.25) is 0 Å². The zero-order chi connectivity index (χ0) is 32.6. The molecule has 1 saturated heterocycles. The van der Waals surface area contributed by atoms with Gasteiger partial charge in [0.15, 0.2) is 0 Å². The first kappa shape index (κ1) is 33.3. The number of carbonyl (C=O) groups excluding carboxylic acids is 4. The van der Waals surface area contributed by atoms with Crippen LogP contribution in [0.5, 0.6) is 0 Å². The number of aliphatic carboxylic acids is 1. The summed E-state index contributed by atoms with van der Waals surface area (Å²) in [7, 11) is 0. The molecule has 2 unspecified atom stereocenters. The topological polar surface area (TPSA) is 180 Å². The summed E-state index contributed by atoms with van der Waals surface area (Å²) in [5.74, 6) is -4.02. The van der Waals surface area contributed by atoms with Gasteiger partial charge in [0.05, 0.1) is 18.2 Å². The van der Waals surface area contributed by atoms with Gasteiger partial charge in [-0.05, 0) is 29.7 Å². The second kappa shape index (κ2) is 15.0. The molecular formula is C32H42N6O7. The van der Waals surface area contributed by atoms with Crippen LogP contribution in [-0.2, 0) is 25.7 Å². The summed E-state index contributed by atoms with van der Waals surface area (Å²) < 4.78 is 5.38. The minimum absolute atomic E-state index is 0.0264. The van der Waals surface area contributed by atoms with Gasteiger partial charge in [-0.1, -0.05) is 70.4 Å². The first-order chi connectivity index (χ1) is 21.4. The second-order valence-corrected chi connectivity index (χ2v) is 12.8. The van der Waals surface area contributed by atoms with Gasteiger partial charge in [0.25, 0.3) is 5.91 Å². The number of aromatic nitrogens is 2. The Morgan fingerprint density at radius 3 is 2.31 bits per heavy atom. The summed E-state index contributed by atoms with van der Waals surface area (Å²) in [5.41, 5.74) is 0.0779. The van der Waals surface area contributed by atoms with Gasteiger partial charge in [0, 0.05) is 25.5 Å². The summed E-state index contributed by atoms with van der Waals surface area (Å²) in [6.07, 6.45) is 7.83. The number of ether oxygens (including phenoxy) is 1. The molecule has 13 nitrogen and oxygen atoms in total. The second-order valence-electron chi connectivity index (χ2n) is 12.8. The van der Waals surface area contributed by atoms with Gasteiger partial charge in [-0.2, -0.15) is 0 Å². The summed E-state index contributed by atoms with van der Waals surface area (Å²) in [6, 6.07) is 6.20. The van der Waals surface area contributed by atoms with Crippen molar-refractivity contribution in [2.75, 3.05) is 13.1 Å². The first-order valence-electron chi connectivity index (χ1n) is 15.3. The van der Waals surface area contributed by atoms with E-state index in [0.717, 1.165) is 37.7 Å². The van der Waals surface area contributed by atoms with Crippen molar-refractivity contribution in [3.05, 3.63) is 60.2 Å². The number of nitrogens with zero attached hydrogens (tertiary/aromatic N) is 3. The molecule has 2 fully saturated rings. The molecule has 4 rings (SSSR count). The average molecular weight is 623 g/mol. The van der Waals surface area contributed by atoms with Gasteiger partial charge >= 0.3 is 12.1 Å². The average Bonchev–Trinajstić information content (AvgIpc) is 3.46. The van der Waals surface area contributed by atoms with Gasteiger partial charge in [0.2, 0.25) is 11.8 Å². The number of likely N-dealkylation sites (tertiary alicyclic amines) is 1. The fourth-order valence-electron chi connectivity index (χ4n) is 5.83. The van der Waals surface area contributed by atoms with E-state index in [1.807, 2.05) is 18.2 Å². The third kappa shape index (κ3) is 8.99.